The van der Waals surface area contributed by atoms with E-state index in [1.807, 2.05) is 66.2 Å². The second kappa shape index (κ2) is 11.6. The molecular weight excluding hydrogens is 506 g/mol. The number of nitrogens with zero attached hydrogens (tertiary/aromatic N) is 3. The van der Waals surface area contributed by atoms with Gasteiger partial charge in [-0.2, -0.15) is 5.10 Å². The van der Waals surface area contributed by atoms with Crippen molar-refractivity contribution in [1.82, 2.24) is 14.8 Å². The number of benzene rings is 3. The van der Waals surface area contributed by atoms with Crippen LogP contribution in [0, 0.1) is 6.92 Å². The third-order valence-corrected chi connectivity index (χ3v) is 6.93. The molecule has 0 aliphatic carbocycles. The van der Waals surface area contributed by atoms with Crippen molar-refractivity contribution in [3.05, 3.63) is 101 Å². The van der Waals surface area contributed by atoms with Gasteiger partial charge >= 0.3 is 0 Å². The minimum Gasteiger partial charge on any atom is -0.497 e. The Hall–Kier alpha value is -4.69. The molecule has 2 aromatic heterocycles. The summed E-state index contributed by atoms with van der Waals surface area (Å²) in [5.41, 5.74) is 6.42. The van der Waals surface area contributed by atoms with Gasteiger partial charge in [0.1, 0.15) is 17.2 Å². The average Bonchev–Trinajstić information content (AvgIpc) is 3.34. The molecule has 5 rings (SSSR count). The molecule has 0 aliphatic rings. The summed E-state index contributed by atoms with van der Waals surface area (Å²) in [6.45, 7) is 2.33. The summed E-state index contributed by atoms with van der Waals surface area (Å²) in [7, 11) is 4.76. The van der Waals surface area contributed by atoms with E-state index in [1.54, 1.807) is 39.5 Å². The van der Waals surface area contributed by atoms with Crippen LogP contribution >= 0.6 is 0 Å². The Labute approximate surface area is 232 Å². The second-order valence-electron chi connectivity index (χ2n) is 9.53. The molecule has 40 heavy (non-hydrogen) atoms. The number of aromatic nitrogens is 3. The van der Waals surface area contributed by atoms with Gasteiger partial charge < -0.3 is 19.3 Å². The highest BCUT2D eigenvalue weighted by Gasteiger charge is 2.16. The van der Waals surface area contributed by atoms with Crippen molar-refractivity contribution in [3.8, 4) is 28.5 Å². The van der Waals surface area contributed by atoms with E-state index in [-0.39, 0.29) is 18.8 Å². The molecule has 0 bridgehead atoms. The van der Waals surface area contributed by atoms with Crippen LogP contribution in [0.15, 0.2) is 72.8 Å². The molecule has 204 valence electrons. The van der Waals surface area contributed by atoms with E-state index in [9.17, 15) is 9.90 Å². The number of carbonyl (C=O) groups excluding carboxylic acids is 1. The van der Waals surface area contributed by atoms with Gasteiger partial charge in [0.05, 0.1) is 45.9 Å². The maximum Gasteiger partial charge on any atom is 0.167 e. The first-order chi connectivity index (χ1) is 19.4. The highest BCUT2D eigenvalue weighted by atomic mass is 16.5. The molecule has 0 saturated carbocycles. The Bertz CT molecular complexity index is 1650. The fourth-order valence-corrected chi connectivity index (χ4v) is 4.71. The SMILES string of the molecule is COc1ccc(Cn2nc(CO)c3ccc(-c4cc(CC(=O)c5cc(OC)cc(OC)c5)ccc4C)nc32)cc1. The number of fused-ring (bicyclic) bond motifs is 1. The lowest BCUT2D eigenvalue weighted by Gasteiger charge is -2.11. The molecular formula is C32H31N3O5. The van der Waals surface area contributed by atoms with Gasteiger partial charge in [0.2, 0.25) is 0 Å². The Morgan fingerprint density at radius 1 is 0.825 bits per heavy atom. The summed E-state index contributed by atoms with van der Waals surface area (Å²) in [5.74, 6) is 1.88. The molecule has 8 nitrogen and oxygen atoms in total. The zero-order chi connectivity index (χ0) is 28.2. The number of hydrogen-bond acceptors (Lipinski definition) is 7. The molecule has 0 radical (unpaired) electrons. The molecule has 0 fully saturated rings. The number of rotatable bonds is 10. The zero-order valence-corrected chi connectivity index (χ0v) is 23.0. The van der Waals surface area contributed by atoms with Crippen LogP contribution in [-0.2, 0) is 19.6 Å². The van der Waals surface area contributed by atoms with Crippen molar-refractivity contribution in [2.24, 2.45) is 0 Å². The van der Waals surface area contributed by atoms with Crippen molar-refractivity contribution in [2.75, 3.05) is 21.3 Å². The quantitative estimate of drug-likeness (QED) is 0.238. The average molecular weight is 538 g/mol. The largest absolute Gasteiger partial charge is 0.497 e. The van der Waals surface area contributed by atoms with Gasteiger partial charge in [-0.25, -0.2) is 9.67 Å². The predicted octanol–water partition coefficient (Wildman–Crippen LogP) is 5.40. The highest BCUT2D eigenvalue weighted by Crippen LogP contribution is 2.29. The molecule has 0 amide bonds. The number of aliphatic hydroxyl groups is 1. The number of aliphatic hydroxyl groups excluding tert-OH is 1. The first-order valence-electron chi connectivity index (χ1n) is 12.9. The van der Waals surface area contributed by atoms with Crippen molar-refractivity contribution >= 4 is 16.8 Å². The van der Waals surface area contributed by atoms with Gasteiger partial charge in [-0.15, -0.1) is 0 Å². The summed E-state index contributed by atoms with van der Waals surface area (Å²) in [5, 5.41) is 15.4. The molecule has 0 aliphatic heterocycles. The molecule has 0 spiro atoms. The summed E-state index contributed by atoms with van der Waals surface area (Å²) in [6, 6.07) is 22.8. The molecule has 2 heterocycles. The highest BCUT2D eigenvalue weighted by molar-refractivity contribution is 5.98. The van der Waals surface area contributed by atoms with Gasteiger partial charge in [0.15, 0.2) is 11.4 Å². The lowest BCUT2D eigenvalue weighted by molar-refractivity contribution is 0.0992. The predicted molar refractivity (Wildman–Crippen MR) is 153 cm³/mol. The van der Waals surface area contributed by atoms with E-state index in [0.717, 1.165) is 39.1 Å². The molecule has 1 N–H and O–H groups in total. The molecule has 0 saturated heterocycles. The Balaban J connectivity index is 1.47. The third kappa shape index (κ3) is 5.53. The van der Waals surface area contributed by atoms with Crippen molar-refractivity contribution in [2.45, 2.75) is 26.5 Å². The molecule has 5 aromatic rings. The number of Topliss-reactive ketones (excluding diaryl/α,β-unsaturated/α-hetero) is 1. The van der Waals surface area contributed by atoms with E-state index in [4.69, 9.17) is 19.2 Å². The van der Waals surface area contributed by atoms with Crippen LogP contribution in [0.1, 0.15) is 32.7 Å². The lowest BCUT2D eigenvalue weighted by Crippen LogP contribution is -2.05. The van der Waals surface area contributed by atoms with Crippen LogP contribution < -0.4 is 14.2 Å². The molecule has 8 heteroatoms. The second-order valence-corrected chi connectivity index (χ2v) is 9.53. The number of ketones is 1. The van der Waals surface area contributed by atoms with Crippen LogP contribution in [-0.4, -0.2) is 47.0 Å². The first-order valence-corrected chi connectivity index (χ1v) is 12.9. The number of hydrogen-bond donors (Lipinski definition) is 1. The standard InChI is InChI=1S/C32H31N3O5/c1-20-5-6-22(14-31(37)23-15-25(39-3)17-26(16-23)40-4)13-28(20)29-12-11-27-30(19-36)34-35(32(27)33-29)18-21-7-9-24(38-2)10-8-21/h5-13,15-17,36H,14,18-19H2,1-4H3. The monoisotopic (exact) mass is 537 g/mol. The van der Waals surface area contributed by atoms with Crippen LogP contribution in [0.4, 0.5) is 0 Å². The summed E-state index contributed by atoms with van der Waals surface area (Å²) in [4.78, 5) is 18.2. The Morgan fingerprint density at radius 2 is 1.50 bits per heavy atom. The summed E-state index contributed by atoms with van der Waals surface area (Å²) in [6.07, 6.45) is 0.218. The van der Waals surface area contributed by atoms with Gasteiger partial charge in [0, 0.05) is 29.0 Å². The van der Waals surface area contributed by atoms with Gasteiger partial charge in [0.25, 0.3) is 0 Å². The van der Waals surface area contributed by atoms with Crippen molar-refractivity contribution in [1.29, 1.82) is 0 Å². The van der Waals surface area contributed by atoms with Gasteiger partial charge in [-0.1, -0.05) is 24.3 Å². The van der Waals surface area contributed by atoms with Crippen molar-refractivity contribution in [3.63, 3.8) is 0 Å². The fraction of sp³-hybridized carbons (Fsp3) is 0.219. The van der Waals surface area contributed by atoms with Crippen molar-refractivity contribution < 1.29 is 24.1 Å². The Kier molecular flexibility index (Phi) is 7.79. The summed E-state index contributed by atoms with van der Waals surface area (Å²) >= 11 is 0. The molecule has 0 atom stereocenters. The Morgan fingerprint density at radius 3 is 2.15 bits per heavy atom. The minimum absolute atomic E-state index is 0.0411. The minimum atomic E-state index is -0.182. The van der Waals surface area contributed by atoms with E-state index >= 15 is 0 Å². The number of methoxy groups -OCH3 is 3. The lowest BCUT2D eigenvalue weighted by atomic mass is 9.97. The van der Waals surface area contributed by atoms with E-state index in [2.05, 4.69) is 5.10 Å². The van der Waals surface area contributed by atoms with E-state index < -0.39 is 0 Å². The number of carbonyl (C=O) groups is 1. The zero-order valence-electron chi connectivity index (χ0n) is 23.0. The normalized spacial score (nSPS) is 11.0. The summed E-state index contributed by atoms with van der Waals surface area (Å²) < 4.78 is 17.7. The number of aryl methyl sites for hydroxylation is 1. The van der Waals surface area contributed by atoms with E-state index in [0.29, 0.717) is 34.9 Å². The topological polar surface area (TPSA) is 95.7 Å². The molecule has 0 unspecified atom stereocenters. The number of pyridine rings is 1. The number of ether oxygens (including phenoxy) is 3. The first kappa shape index (κ1) is 26.9. The van der Waals surface area contributed by atoms with Crippen LogP contribution in [0.3, 0.4) is 0 Å². The maximum absolute atomic E-state index is 13.2. The van der Waals surface area contributed by atoms with E-state index in [1.165, 1.54) is 0 Å². The fourth-order valence-electron chi connectivity index (χ4n) is 4.71. The maximum atomic E-state index is 13.2. The van der Waals surface area contributed by atoms with Crippen LogP contribution in [0.5, 0.6) is 17.2 Å². The molecule has 3 aromatic carbocycles. The smallest absolute Gasteiger partial charge is 0.167 e. The van der Waals surface area contributed by atoms with Crippen LogP contribution in [0.2, 0.25) is 0 Å². The van der Waals surface area contributed by atoms with Gasteiger partial charge in [-0.3, -0.25) is 4.79 Å². The third-order valence-electron chi connectivity index (χ3n) is 6.93. The van der Waals surface area contributed by atoms with Crippen LogP contribution in [0.25, 0.3) is 22.3 Å². The van der Waals surface area contributed by atoms with Gasteiger partial charge in [-0.05, 0) is 66.1 Å².